The van der Waals surface area contributed by atoms with Crippen molar-refractivity contribution in [3.05, 3.63) is 70.5 Å². The largest absolute Gasteiger partial charge is 0.348 e. The van der Waals surface area contributed by atoms with Gasteiger partial charge in [0.25, 0.3) is 5.91 Å². The van der Waals surface area contributed by atoms with Gasteiger partial charge < -0.3 is 5.32 Å². The van der Waals surface area contributed by atoms with Gasteiger partial charge in [-0.15, -0.1) is 0 Å². The van der Waals surface area contributed by atoms with Crippen molar-refractivity contribution in [2.75, 3.05) is 0 Å². The van der Waals surface area contributed by atoms with Crippen LogP contribution in [0.3, 0.4) is 0 Å². The van der Waals surface area contributed by atoms with Gasteiger partial charge in [-0.05, 0) is 36.2 Å². The molecule has 0 spiro atoms. The van der Waals surface area contributed by atoms with Crippen LogP contribution in [-0.2, 0) is 6.54 Å². The minimum Gasteiger partial charge on any atom is -0.348 e. The Labute approximate surface area is 114 Å². The number of aryl methyl sites for hydroxylation is 1. The Morgan fingerprint density at radius 1 is 1.10 bits per heavy atom. The molecule has 0 saturated heterocycles. The SMILES string of the molecule is Cc1ccc(CNC(=O)c2cccc(F)c2F)cc1F. The molecule has 0 unspecified atom stereocenters. The van der Waals surface area contributed by atoms with Crippen molar-refractivity contribution in [1.82, 2.24) is 5.32 Å². The van der Waals surface area contributed by atoms with Crippen LogP contribution in [0.4, 0.5) is 13.2 Å². The van der Waals surface area contributed by atoms with Gasteiger partial charge in [-0.25, -0.2) is 13.2 Å². The second-order valence-corrected chi connectivity index (χ2v) is 4.37. The second-order valence-electron chi connectivity index (χ2n) is 4.37. The molecule has 0 aliphatic rings. The average Bonchev–Trinajstić information content (AvgIpc) is 2.43. The third-order valence-electron chi connectivity index (χ3n) is 2.89. The Kier molecular flexibility index (Phi) is 4.08. The third-order valence-corrected chi connectivity index (χ3v) is 2.89. The van der Waals surface area contributed by atoms with Gasteiger partial charge in [0.05, 0.1) is 5.56 Å². The first-order chi connectivity index (χ1) is 9.49. The maximum Gasteiger partial charge on any atom is 0.254 e. The first-order valence-electron chi connectivity index (χ1n) is 5.96. The van der Waals surface area contributed by atoms with E-state index in [4.69, 9.17) is 0 Å². The highest BCUT2D eigenvalue weighted by Crippen LogP contribution is 2.12. The maximum atomic E-state index is 13.4. The van der Waals surface area contributed by atoms with Gasteiger partial charge in [-0.3, -0.25) is 4.79 Å². The molecule has 2 nitrogen and oxygen atoms in total. The standard InChI is InChI=1S/C15H12F3NO/c1-9-5-6-10(7-13(9)17)8-19-15(20)11-3-2-4-12(16)14(11)18/h2-7H,8H2,1H3,(H,19,20). The molecule has 2 aromatic rings. The summed E-state index contributed by atoms with van der Waals surface area (Å²) in [4.78, 5) is 11.7. The highest BCUT2D eigenvalue weighted by molar-refractivity contribution is 5.94. The minimum atomic E-state index is -1.19. The van der Waals surface area contributed by atoms with E-state index in [9.17, 15) is 18.0 Å². The molecule has 0 atom stereocenters. The first-order valence-corrected chi connectivity index (χ1v) is 5.96. The second kappa shape index (κ2) is 5.77. The molecule has 0 aliphatic carbocycles. The number of benzene rings is 2. The molecule has 0 bridgehead atoms. The van der Waals surface area contributed by atoms with E-state index < -0.39 is 17.5 Å². The summed E-state index contributed by atoms with van der Waals surface area (Å²) >= 11 is 0. The van der Waals surface area contributed by atoms with Crippen molar-refractivity contribution < 1.29 is 18.0 Å². The van der Waals surface area contributed by atoms with Crippen LogP contribution in [-0.4, -0.2) is 5.91 Å². The molecule has 0 aromatic heterocycles. The van der Waals surface area contributed by atoms with Crippen LogP contribution < -0.4 is 5.32 Å². The van der Waals surface area contributed by atoms with Gasteiger partial charge in [0.15, 0.2) is 11.6 Å². The normalized spacial score (nSPS) is 10.4. The van der Waals surface area contributed by atoms with Crippen LogP contribution in [0.15, 0.2) is 36.4 Å². The Balaban J connectivity index is 2.08. The Morgan fingerprint density at radius 2 is 1.85 bits per heavy atom. The number of nitrogens with one attached hydrogen (secondary N) is 1. The third kappa shape index (κ3) is 2.99. The molecule has 2 rings (SSSR count). The average molecular weight is 279 g/mol. The molecule has 0 fully saturated rings. The molecule has 1 amide bonds. The molecule has 20 heavy (non-hydrogen) atoms. The Morgan fingerprint density at radius 3 is 2.55 bits per heavy atom. The maximum absolute atomic E-state index is 13.4. The summed E-state index contributed by atoms with van der Waals surface area (Å²) in [6.45, 7) is 1.66. The molecular weight excluding hydrogens is 267 g/mol. The predicted octanol–water partition coefficient (Wildman–Crippen LogP) is 3.34. The van der Waals surface area contributed by atoms with E-state index in [1.54, 1.807) is 19.1 Å². The number of amides is 1. The number of halogens is 3. The molecule has 104 valence electrons. The van der Waals surface area contributed by atoms with E-state index in [0.29, 0.717) is 11.1 Å². The van der Waals surface area contributed by atoms with Gasteiger partial charge in [0.1, 0.15) is 5.82 Å². The zero-order chi connectivity index (χ0) is 14.7. The van der Waals surface area contributed by atoms with Crippen molar-refractivity contribution >= 4 is 5.91 Å². The van der Waals surface area contributed by atoms with Crippen molar-refractivity contribution in [3.63, 3.8) is 0 Å². The lowest BCUT2D eigenvalue weighted by atomic mass is 10.1. The number of rotatable bonds is 3. The molecule has 1 N–H and O–H groups in total. The summed E-state index contributed by atoms with van der Waals surface area (Å²) in [5, 5.41) is 2.42. The van der Waals surface area contributed by atoms with Crippen LogP contribution in [0.2, 0.25) is 0 Å². The van der Waals surface area contributed by atoms with Gasteiger partial charge in [-0.1, -0.05) is 18.2 Å². The highest BCUT2D eigenvalue weighted by atomic mass is 19.2. The predicted molar refractivity (Wildman–Crippen MR) is 68.7 cm³/mol. The molecule has 0 saturated carbocycles. The highest BCUT2D eigenvalue weighted by Gasteiger charge is 2.14. The van der Waals surface area contributed by atoms with E-state index >= 15 is 0 Å². The van der Waals surface area contributed by atoms with Gasteiger partial charge in [0.2, 0.25) is 0 Å². The Hall–Kier alpha value is -2.30. The first kappa shape index (κ1) is 14.1. The summed E-state index contributed by atoms with van der Waals surface area (Å²) in [7, 11) is 0. The topological polar surface area (TPSA) is 29.1 Å². The van der Waals surface area contributed by atoms with E-state index in [-0.39, 0.29) is 17.9 Å². The van der Waals surface area contributed by atoms with Gasteiger partial charge >= 0.3 is 0 Å². The van der Waals surface area contributed by atoms with Crippen LogP contribution in [0.5, 0.6) is 0 Å². The zero-order valence-corrected chi connectivity index (χ0v) is 10.7. The lowest BCUT2D eigenvalue weighted by molar-refractivity contribution is 0.0945. The molecular formula is C15H12F3NO. The van der Waals surface area contributed by atoms with Crippen LogP contribution >= 0.6 is 0 Å². The van der Waals surface area contributed by atoms with E-state index in [0.717, 1.165) is 6.07 Å². The summed E-state index contributed by atoms with van der Waals surface area (Å²) < 4.78 is 39.7. The fraction of sp³-hybridized carbons (Fsp3) is 0.133. The molecule has 0 aliphatic heterocycles. The molecule has 5 heteroatoms. The van der Waals surface area contributed by atoms with E-state index in [1.165, 1.54) is 18.2 Å². The quantitative estimate of drug-likeness (QED) is 0.917. The van der Waals surface area contributed by atoms with Crippen LogP contribution in [0.1, 0.15) is 21.5 Å². The summed E-state index contributed by atoms with van der Waals surface area (Å²) in [5.41, 5.74) is 0.659. The molecule has 2 aromatic carbocycles. The fourth-order valence-corrected chi connectivity index (χ4v) is 1.70. The van der Waals surface area contributed by atoms with E-state index in [1.807, 2.05) is 0 Å². The number of hydrogen-bond acceptors (Lipinski definition) is 1. The summed E-state index contributed by atoms with van der Waals surface area (Å²) in [6, 6.07) is 7.89. The molecule has 0 radical (unpaired) electrons. The summed E-state index contributed by atoms with van der Waals surface area (Å²) in [6.07, 6.45) is 0. The lowest BCUT2D eigenvalue weighted by Crippen LogP contribution is -2.24. The van der Waals surface area contributed by atoms with Gasteiger partial charge in [-0.2, -0.15) is 0 Å². The monoisotopic (exact) mass is 279 g/mol. The van der Waals surface area contributed by atoms with E-state index in [2.05, 4.69) is 5.32 Å². The Bertz CT molecular complexity index is 656. The molecule has 0 heterocycles. The van der Waals surface area contributed by atoms with Crippen molar-refractivity contribution in [2.45, 2.75) is 13.5 Å². The lowest BCUT2D eigenvalue weighted by Gasteiger charge is -2.07. The number of carbonyl (C=O) groups is 1. The van der Waals surface area contributed by atoms with Crippen LogP contribution in [0.25, 0.3) is 0 Å². The smallest absolute Gasteiger partial charge is 0.254 e. The fourth-order valence-electron chi connectivity index (χ4n) is 1.70. The van der Waals surface area contributed by atoms with Crippen molar-refractivity contribution in [2.24, 2.45) is 0 Å². The van der Waals surface area contributed by atoms with Gasteiger partial charge in [0, 0.05) is 6.54 Å². The number of carbonyl (C=O) groups excluding carboxylic acids is 1. The summed E-state index contributed by atoms with van der Waals surface area (Å²) in [5.74, 6) is -3.41. The van der Waals surface area contributed by atoms with Crippen LogP contribution in [0, 0.1) is 24.4 Å². The van der Waals surface area contributed by atoms with Crippen molar-refractivity contribution in [3.8, 4) is 0 Å². The zero-order valence-electron chi connectivity index (χ0n) is 10.7. The van der Waals surface area contributed by atoms with Crippen molar-refractivity contribution in [1.29, 1.82) is 0 Å². The number of hydrogen-bond donors (Lipinski definition) is 1. The minimum absolute atomic E-state index is 0.0337.